The summed E-state index contributed by atoms with van der Waals surface area (Å²) in [7, 11) is 0. The highest BCUT2D eigenvalue weighted by molar-refractivity contribution is 7.17. The van der Waals surface area contributed by atoms with Crippen LogP contribution in [0.15, 0.2) is 59.0 Å². The largest absolute Gasteiger partial charge is 0.324 e. The van der Waals surface area contributed by atoms with E-state index >= 15 is 0 Å². The molecule has 0 bridgehead atoms. The molecule has 152 valence electrons. The van der Waals surface area contributed by atoms with Crippen molar-refractivity contribution < 1.29 is 4.79 Å². The summed E-state index contributed by atoms with van der Waals surface area (Å²) >= 11 is 7.40. The standard InChI is InChI=1S/C23H20ClN3O2S/c1-13-4-5-14(2)19(10-13)26-21(28)15(3)27-12-25-22-20(23(27)29)18(11-30-22)16-6-8-17(24)9-7-16/h4-12,15H,1-3H3,(H,26,28). The molecule has 1 amide bonds. The van der Waals surface area contributed by atoms with Gasteiger partial charge in [-0.2, -0.15) is 0 Å². The predicted molar refractivity (Wildman–Crippen MR) is 124 cm³/mol. The number of thiophene rings is 1. The SMILES string of the molecule is Cc1ccc(C)c(NC(=O)C(C)n2cnc3scc(-c4ccc(Cl)cc4)c3c2=O)c1. The van der Waals surface area contributed by atoms with Crippen molar-refractivity contribution in [3.8, 4) is 11.1 Å². The van der Waals surface area contributed by atoms with Crippen LogP contribution in [0.1, 0.15) is 24.1 Å². The Morgan fingerprint density at radius 2 is 1.90 bits per heavy atom. The highest BCUT2D eigenvalue weighted by atomic mass is 35.5. The molecule has 0 saturated heterocycles. The van der Waals surface area contributed by atoms with E-state index in [1.165, 1.54) is 22.2 Å². The van der Waals surface area contributed by atoms with Gasteiger partial charge in [0.1, 0.15) is 10.9 Å². The number of fused-ring (bicyclic) bond motifs is 1. The first-order chi connectivity index (χ1) is 14.3. The Labute approximate surface area is 183 Å². The number of benzene rings is 2. The topological polar surface area (TPSA) is 64.0 Å². The van der Waals surface area contributed by atoms with Crippen molar-refractivity contribution in [1.82, 2.24) is 9.55 Å². The third-order valence-corrected chi connectivity index (χ3v) is 6.26. The van der Waals surface area contributed by atoms with Crippen molar-refractivity contribution in [3.05, 3.63) is 80.7 Å². The fraction of sp³-hybridized carbons (Fsp3) is 0.174. The third kappa shape index (κ3) is 3.76. The van der Waals surface area contributed by atoms with Crippen molar-refractivity contribution >= 4 is 44.7 Å². The van der Waals surface area contributed by atoms with Gasteiger partial charge < -0.3 is 5.32 Å². The molecular weight excluding hydrogens is 418 g/mol. The fourth-order valence-corrected chi connectivity index (χ4v) is 4.33. The van der Waals surface area contributed by atoms with Gasteiger partial charge in [-0.15, -0.1) is 11.3 Å². The van der Waals surface area contributed by atoms with Crippen molar-refractivity contribution in [2.75, 3.05) is 5.32 Å². The normalized spacial score (nSPS) is 12.1. The average Bonchev–Trinajstić information content (AvgIpc) is 3.16. The van der Waals surface area contributed by atoms with Crippen LogP contribution < -0.4 is 10.9 Å². The first kappa shape index (κ1) is 20.3. The van der Waals surface area contributed by atoms with Crippen molar-refractivity contribution in [2.24, 2.45) is 0 Å². The average molecular weight is 438 g/mol. The molecule has 4 aromatic rings. The molecule has 4 rings (SSSR count). The summed E-state index contributed by atoms with van der Waals surface area (Å²) in [6.07, 6.45) is 1.44. The Bertz CT molecular complexity index is 1310. The number of rotatable bonds is 4. The molecule has 0 aliphatic heterocycles. The van der Waals surface area contributed by atoms with Gasteiger partial charge in [0.05, 0.1) is 11.7 Å². The minimum absolute atomic E-state index is 0.241. The van der Waals surface area contributed by atoms with Gasteiger partial charge in [0, 0.05) is 21.7 Å². The van der Waals surface area contributed by atoms with Crippen molar-refractivity contribution in [2.45, 2.75) is 26.8 Å². The maximum Gasteiger partial charge on any atom is 0.263 e. The lowest BCUT2D eigenvalue weighted by atomic mass is 10.1. The molecule has 0 spiro atoms. The number of aryl methyl sites for hydroxylation is 2. The summed E-state index contributed by atoms with van der Waals surface area (Å²) in [5, 5.41) is 5.98. The second-order valence-corrected chi connectivity index (χ2v) is 8.57. The first-order valence-electron chi connectivity index (χ1n) is 9.47. The Morgan fingerprint density at radius 1 is 1.17 bits per heavy atom. The number of nitrogens with zero attached hydrogens (tertiary/aromatic N) is 2. The molecule has 0 saturated carbocycles. The molecule has 1 N–H and O–H groups in total. The van der Waals surface area contributed by atoms with Crippen LogP contribution in [0.5, 0.6) is 0 Å². The lowest BCUT2D eigenvalue weighted by molar-refractivity contribution is -0.118. The molecule has 0 aliphatic rings. The first-order valence-corrected chi connectivity index (χ1v) is 10.7. The zero-order valence-corrected chi connectivity index (χ0v) is 18.3. The van der Waals surface area contributed by atoms with Crippen LogP contribution in [-0.2, 0) is 4.79 Å². The van der Waals surface area contributed by atoms with E-state index in [1.807, 2.05) is 49.6 Å². The number of anilines is 1. The van der Waals surface area contributed by atoms with Crippen molar-refractivity contribution in [3.63, 3.8) is 0 Å². The zero-order chi connectivity index (χ0) is 21.4. The van der Waals surface area contributed by atoms with E-state index in [4.69, 9.17) is 11.6 Å². The molecule has 2 heterocycles. The van der Waals surface area contributed by atoms with Crippen molar-refractivity contribution in [1.29, 1.82) is 0 Å². The second-order valence-electron chi connectivity index (χ2n) is 7.28. The smallest absolute Gasteiger partial charge is 0.263 e. The number of hydrogen-bond donors (Lipinski definition) is 1. The molecule has 2 aromatic heterocycles. The number of carbonyl (C=O) groups excluding carboxylic acids is 1. The summed E-state index contributed by atoms with van der Waals surface area (Å²) in [6.45, 7) is 5.60. The Morgan fingerprint density at radius 3 is 2.63 bits per heavy atom. The summed E-state index contributed by atoms with van der Waals surface area (Å²) in [6, 6.07) is 12.5. The van der Waals surface area contributed by atoms with E-state index < -0.39 is 6.04 Å². The molecule has 7 heteroatoms. The van der Waals surface area contributed by atoms with E-state index in [0.717, 1.165) is 27.9 Å². The number of carbonyl (C=O) groups is 1. The molecular formula is C23H20ClN3O2S. The number of amides is 1. The number of aromatic nitrogens is 2. The van der Waals surface area contributed by atoms with Crippen LogP contribution in [0.2, 0.25) is 5.02 Å². The Balaban J connectivity index is 1.72. The third-order valence-electron chi connectivity index (χ3n) is 5.12. The van der Waals surface area contributed by atoms with Gasteiger partial charge in [-0.3, -0.25) is 14.2 Å². The Hall–Kier alpha value is -2.96. The van der Waals surface area contributed by atoms with Crippen LogP contribution in [0.25, 0.3) is 21.3 Å². The van der Waals surface area contributed by atoms with E-state index in [2.05, 4.69) is 10.3 Å². The Kier molecular flexibility index (Phi) is 5.45. The summed E-state index contributed by atoms with van der Waals surface area (Å²) in [5.41, 5.74) is 4.19. The van der Waals surface area contributed by atoms with Gasteiger partial charge >= 0.3 is 0 Å². The molecule has 1 unspecified atom stereocenters. The molecule has 0 fully saturated rings. The summed E-state index contributed by atoms with van der Waals surface area (Å²) in [4.78, 5) is 31.2. The maximum atomic E-state index is 13.3. The molecule has 5 nitrogen and oxygen atoms in total. The van der Waals surface area contributed by atoms with E-state index in [0.29, 0.717) is 15.2 Å². The minimum Gasteiger partial charge on any atom is -0.324 e. The van der Waals surface area contributed by atoms with Gasteiger partial charge in [0.15, 0.2) is 0 Å². The predicted octanol–water partition coefficient (Wildman–Crippen LogP) is 5.59. The number of hydrogen-bond acceptors (Lipinski definition) is 4. The monoisotopic (exact) mass is 437 g/mol. The highest BCUT2D eigenvalue weighted by Gasteiger charge is 2.21. The van der Waals surface area contributed by atoms with Crippen LogP contribution in [0, 0.1) is 13.8 Å². The lowest BCUT2D eigenvalue weighted by Crippen LogP contribution is -2.31. The highest BCUT2D eigenvalue weighted by Crippen LogP contribution is 2.31. The zero-order valence-electron chi connectivity index (χ0n) is 16.8. The maximum absolute atomic E-state index is 13.3. The minimum atomic E-state index is -0.715. The van der Waals surface area contributed by atoms with Gasteiger partial charge in [0.2, 0.25) is 5.91 Å². The van der Waals surface area contributed by atoms with Gasteiger partial charge in [0.25, 0.3) is 5.56 Å². The van der Waals surface area contributed by atoms with Gasteiger partial charge in [-0.1, -0.05) is 35.9 Å². The van der Waals surface area contributed by atoms with Crippen LogP contribution in [0.4, 0.5) is 5.69 Å². The van der Waals surface area contributed by atoms with Crippen LogP contribution in [0.3, 0.4) is 0 Å². The van der Waals surface area contributed by atoms with Gasteiger partial charge in [-0.05, 0) is 55.7 Å². The second kappa shape index (κ2) is 8.05. The number of halogens is 1. The fourth-order valence-electron chi connectivity index (χ4n) is 3.30. The van der Waals surface area contributed by atoms with E-state index in [1.54, 1.807) is 19.1 Å². The number of nitrogens with one attached hydrogen (secondary N) is 1. The molecule has 2 aromatic carbocycles. The van der Waals surface area contributed by atoms with E-state index in [-0.39, 0.29) is 11.5 Å². The molecule has 1 atom stereocenters. The summed E-state index contributed by atoms with van der Waals surface area (Å²) < 4.78 is 1.38. The van der Waals surface area contributed by atoms with Gasteiger partial charge in [-0.25, -0.2) is 4.98 Å². The van der Waals surface area contributed by atoms with Crippen LogP contribution >= 0.6 is 22.9 Å². The summed E-state index contributed by atoms with van der Waals surface area (Å²) in [5.74, 6) is -0.268. The molecule has 30 heavy (non-hydrogen) atoms. The molecule has 0 radical (unpaired) electrons. The quantitative estimate of drug-likeness (QED) is 0.452. The van der Waals surface area contributed by atoms with E-state index in [9.17, 15) is 9.59 Å². The molecule has 0 aliphatic carbocycles. The van der Waals surface area contributed by atoms with Crippen LogP contribution in [-0.4, -0.2) is 15.5 Å². The lowest BCUT2D eigenvalue weighted by Gasteiger charge is -2.16.